The molecular weight excluding hydrogens is 474 g/mol. The molecule has 1 aromatic heterocycles. The predicted molar refractivity (Wildman–Crippen MR) is 145 cm³/mol. The Bertz CT molecular complexity index is 1350. The molecule has 5 nitrogen and oxygen atoms in total. The Balaban J connectivity index is 1.42. The van der Waals surface area contributed by atoms with E-state index in [0.717, 1.165) is 46.3 Å². The molecule has 0 spiro atoms. The molecule has 4 aromatic rings. The molecule has 176 valence electrons. The lowest BCUT2D eigenvalue weighted by Gasteiger charge is -2.26. The number of aromatic nitrogens is 1. The number of benzene rings is 3. The van der Waals surface area contributed by atoms with Crippen LogP contribution in [0, 0.1) is 6.92 Å². The number of anilines is 1. The number of thiazole rings is 1. The van der Waals surface area contributed by atoms with Gasteiger partial charge in [0.1, 0.15) is 9.88 Å². The lowest BCUT2D eigenvalue weighted by Crippen LogP contribution is -2.37. The van der Waals surface area contributed by atoms with Gasteiger partial charge >= 0.3 is 0 Å². The van der Waals surface area contributed by atoms with Gasteiger partial charge in [0, 0.05) is 47.0 Å². The van der Waals surface area contributed by atoms with E-state index in [9.17, 15) is 9.59 Å². The molecule has 0 aliphatic carbocycles. The minimum atomic E-state index is -0.209. The van der Waals surface area contributed by atoms with Crippen molar-refractivity contribution >= 4 is 40.6 Å². The minimum Gasteiger partial charge on any atom is -0.337 e. The van der Waals surface area contributed by atoms with E-state index in [4.69, 9.17) is 4.98 Å². The Morgan fingerprint density at radius 1 is 0.886 bits per heavy atom. The van der Waals surface area contributed by atoms with Crippen LogP contribution in [0.15, 0.2) is 78.9 Å². The summed E-state index contributed by atoms with van der Waals surface area (Å²) in [5.74, 6) is 1.79. The van der Waals surface area contributed by atoms with E-state index in [2.05, 4.69) is 5.32 Å². The molecule has 7 heteroatoms. The van der Waals surface area contributed by atoms with Gasteiger partial charge in [-0.15, -0.1) is 11.3 Å². The van der Waals surface area contributed by atoms with E-state index in [1.807, 2.05) is 96.4 Å². The first kappa shape index (κ1) is 23.3. The van der Waals surface area contributed by atoms with Crippen molar-refractivity contribution in [1.29, 1.82) is 0 Å². The predicted octanol–water partition coefficient (Wildman–Crippen LogP) is 6.23. The molecule has 1 saturated heterocycles. The molecule has 2 heterocycles. The van der Waals surface area contributed by atoms with E-state index >= 15 is 0 Å². The topological polar surface area (TPSA) is 62.3 Å². The average Bonchev–Trinajstić information content (AvgIpc) is 3.37. The fourth-order valence-electron chi connectivity index (χ4n) is 4.03. The van der Waals surface area contributed by atoms with Crippen LogP contribution in [0.3, 0.4) is 0 Å². The van der Waals surface area contributed by atoms with Crippen LogP contribution >= 0.6 is 23.1 Å². The van der Waals surface area contributed by atoms with Crippen molar-refractivity contribution in [2.45, 2.75) is 6.92 Å². The van der Waals surface area contributed by atoms with E-state index in [1.165, 1.54) is 11.3 Å². The summed E-state index contributed by atoms with van der Waals surface area (Å²) in [6.07, 6.45) is 0. The molecular formula is C28H25N3O2S2. The molecule has 1 fully saturated rings. The van der Waals surface area contributed by atoms with Crippen LogP contribution in [0.4, 0.5) is 5.69 Å². The van der Waals surface area contributed by atoms with E-state index in [0.29, 0.717) is 21.8 Å². The Hall–Kier alpha value is -3.42. The highest BCUT2D eigenvalue weighted by Gasteiger charge is 2.22. The summed E-state index contributed by atoms with van der Waals surface area (Å²) < 4.78 is 0. The third kappa shape index (κ3) is 5.16. The largest absolute Gasteiger partial charge is 0.337 e. The van der Waals surface area contributed by atoms with Crippen LogP contribution < -0.4 is 5.32 Å². The van der Waals surface area contributed by atoms with Gasteiger partial charge in [0.2, 0.25) is 0 Å². The van der Waals surface area contributed by atoms with Crippen molar-refractivity contribution in [3.63, 3.8) is 0 Å². The zero-order valence-corrected chi connectivity index (χ0v) is 21.0. The van der Waals surface area contributed by atoms with Crippen molar-refractivity contribution in [3.8, 4) is 21.8 Å². The number of hydrogen-bond donors (Lipinski definition) is 1. The van der Waals surface area contributed by atoms with Crippen LogP contribution in [0.5, 0.6) is 0 Å². The summed E-state index contributed by atoms with van der Waals surface area (Å²) in [6, 6.07) is 25.1. The summed E-state index contributed by atoms with van der Waals surface area (Å²) in [7, 11) is 0. The van der Waals surface area contributed by atoms with E-state index in [1.54, 1.807) is 6.07 Å². The number of carbonyl (C=O) groups is 2. The molecule has 1 aliphatic heterocycles. The third-order valence-electron chi connectivity index (χ3n) is 5.92. The third-order valence-corrected chi connectivity index (χ3v) is 7.97. The number of rotatable bonds is 5. The molecule has 3 aromatic carbocycles. The summed E-state index contributed by atoms with van der Waals surface area (Å²) in [5.41, 5.74) is 4.73. The number of carbonyl (C=O) groups excluding carboxylic acids is 2. The highest BCUT2D eigenvalue weighted by molar-refractivity contribution is 7.99. The SMILES string of the molecule is Cc1cc(C(=O)N2CCSCC2)ccc1NC(=O)c1sc(-c2ccccc2)nc1-c1ccccc1. The zero-order valence-electron chi connectivity index (χ0n) is 19.4. The van der Waals surface area contributed by atoms with Crippen molar-refractivity contribution < 1.29 is 9.59 Å². The standard InChI is InChI=1S/C28H25N3O2S2/c1-19-18-22(28(33)31-14-16-34-17-15-31)12-13-23(19)29-26(32)25-24(20-8-4-2-5-9-20)30-27(35-25)21-10-6-3-7-11-21/h2-13,18H,14-17H2,1H3,(H,29,32). The minimum absolute atomic E-state index is 0.0487. The summed E-state index contributed by atoms with van der Waals surface area (Å²) in [6.45, 7) is 3.47. The summed E-state index contributed by atoms with van der Waals surface area (Å²) in [4.78, 5) is 33.6. The lowest BCUT2D eigenvalue weighted by atomic mass is 10.1. The lowest BCUT2D eigenvalue weighted by molar-refractivity contribution is 0.0772. The molecule has 1 aliphatic rings. The maximum atomic E-state index is 13.5. The average molecular weight is 500 g/mol. The van der Waals surface area contributed by atoms with Crippen LogP contribution in [0.25, 0.3) is 21.8 Å². The molecule has 35 heavy (non-hydrogen) atoms. The number of thioether (sulfide) groups is 1. The fourth-order valence-corrected chi connectivity index (χ4v) is 5.93. The molecule has 5 rings (SSSR count). The van der Waals surface area contributed by atoms with Crippen molar-refractivity contribution in [2.24, 2.45) is 0 Å². The molecule has 0 bridgehead atoms. The first-order chi connectivity index (χ1) is 17.1. The molecule has 0 atom stereocenters. The van der Waals surface area contributed by atoms with Gasteiger partial charge in [0.05, 0.1) is 5.69 Å². The maximum absolute atomic E-state index is 13.5. The van der Waals surface area contributed by atoms with Crippen LogP contribution in [-0.4, -0.2) is 46.3 Å². The molecule has 0 unspecified atom stereocenters. The Kier molecular flexibility index (Phi) is 6.97. The van der Waals surface area contributed by atoms with Crippen LogP contribution in [0.1, 0.15) is 25.6 Å². The van der Waals surface area contributed by atoms with Gasteiger partial charge in [-0.25, -0.2) is 4.98 Å². The maximum Gasteiger partial charge on any atom is 0.268 e. The second-order valence-electron chi connectivity index (χ2n) is 8.32. The Morgan fingerprint density at radius 2 is 1.54 bits per heavy atom. The van der Waals surface area contributed by atoms with Crippen molar-refractivity contribution in [3.05, 3.63) is 94.9 Å². The summed E-state index contributed by atoms with van der Waals surface area (Å²) >= 11 is 3.26. The molecule has 0 saturated carbocycles. The second kappa shape index (κ2) is 10.5. The fraction of sp³-hybridized carbons (Fsp3) is 0.179. The monoisotopic (exact) mass is 499 g/mol. The van der Waals surface area contributed by atoms with Gasteiger partial charge in [-0.1, -0.05) is 60.7 Å². The molecule has 2 amide bonds. The number of nitrogens with zero attached hydrogens (tertiary/aromatic N) is 2. The Morgan fingerprint density at radius 3 is 2.20 bits per heavy atom. The van der Waals surface area contributed by atoms with Gasteiger partial charge in [-0.05, 0) is 30.7 Å². The second-order valence-corrected chi connectivity index (χ2v) is 10.5. The van der Waals surface area contributed by atoms with Gasteiger partial charge in [0.15, 0.2) is 0 Å². The van der Waals surface area contributed by atoms with Gasteiger partial charge in [-0.3, -0.25) is 9.59 Å². The van der Waals surface area contributed by atoms with Gasteiger partial charge in [-0.2, -0.15) is 11.8 Å². The number of hydrogen-bond acceptors (Lipinski definition) is 5. The molecule has 0 radical (unpaired) electrons. The highest BCUT2D eigenvalue weighted by Crippen LogP contribution is 2.34. The number of amides is 2. The molecule has 1 N–H and O–H groups in total. The van der Waals surface area contributed by atoms with Gasteiger partial charge < -0.3 is 10.2 Å². The zero-order chi connectivity index (χ0) is 24.2. The number of nitrogens with one attached hydrogen (secondary N) is 1. The first-order valence-electron chi connectivity index (χ1n) is 11.5. The first-order valence-corrected chi connectivity index (χ1v) is 13.5. The van der Waals surface area contributed by atoms with E-state index < -0.39 is 0 Å². The quantitative estimate of drug-likeness (QED) is 0.354. The van der Waals surface area contributed by atoms with Crippen LogP contribution in [0.2, 0.25) is 0 Å². The normalized spacial score (nSPS) is 13.5. The van der Waals surface area contributed by atoms with Crippen molar-refractivity contribution in [2.75, 3.05) is 29.9 Å². The smallest absolute Gasteiger partial charge is 0.268 e. The summed E-state index contributed by atoms with van der Waals surface area (Å²) in [5, 5.41) is 3.85. The van der Waals surface area contributed by atoms with Crippen molar-refractivity contribution in [1.82, 2.24) is 9.88 Å². The number of aryl methyl sites for hydroxylation is 1. The highest BCUT2D eigenvalue weighted by atomic mass is 32.2. The van der Waals surface area contributed by atoms with Crippen LogP contribution in [-0.2, 0) is 0 Å². The Labute approximate surface area is 213 Å². The van der Waals surface area contributed by atoms with E-state index in [-0.39, 0.29) is 11.8 Å². The van der Waals surface area contributed by atoms with Gasteiger partial charge in [0.25, 0.3) is 11.8 Å².